The highest BCUT2D eigenvalue weighted by Gasteiger charge is 2.36. The van der Waals surface area contributed by atoms with E-state index >= 15 is 0 Å². The summed E-state index contributed by atoms with van der Waals surface area (Å²) in [6.07, 6.45) is 0. The lowest BCUT2D eigenvalue weighted by atomic mass is 10.1. The average Bonchev–Trinajstić information content (AvgIpc) is 2.80. The number of nitrogens with zero attached hydrogens (tertiary/aromatic N) is 2. The summed E-state index contributed by atoms with van der Waals surface area (Å²) in [6.45, 7) is -0.505. The molecule has 0 aromatic heterocycles. The third-order valence-corrected chi connectivity index (χ3v) is 3.96. The van der Waals surface area contributed by atoms with Gasteiger partial charge in [0.1, 0.15) is 13.2 Å². The van der Waals surface area contributed by atoms with Crippen LogP contribution in [-0.2, 0) is 4.79 Å². The molecule has 1 heterocycles. The second kappa shape index (κ2) is 6.33. The Morgan fingerprint density at radius 1 is 1.00 bits per heavy atom. The maximum Gasteiger partial charge on any atom is 0.323 e. The minimum atomic E-state index is -1.07. The maximum absolute atomic E-state index is 12.4. The summed E-state index contributed by atoms with van der Waals surface area (Å²) in [6, 6.07) is 13.1. The fourth-order valence-electron chi connectivity index (χ4n) is 2.58. The molecule has 0 radical (unpaired) electrons. The first-order valence-corrected chi connectivity index (χ1v) is 7.52. The lowest BCUT2D eigenvalue weighted by Crippen LogP contribution is -2.43. The normalized spacial score (nSPS) is 13.1. The molecule has 2 aromatic carbocycles. The SMILES string of the molecule is O=C(O)CN(CN1C(=O)c2ccccc2C1=O)c1ccc(Cl)cc1. The molecule has 1 aliphatic rings. The van der Waals surface area contributed by atoms with Crippen molar-refractivity contribution in [3.05, 3.63) is 64.7 Å². The number of anilines is 1. The lowest BCUT2D eigenvalue weighted by molar-refractivity contribution is -0.135. The molecule has 0 saturated carbocycles. The highest BCUT2D eigenvalue weighted by molar-refractivity contribution is 6.30. The third kappa shape index (κ3) is 2.96. The van der Waals surface area contributed by atoms with Gasteiger partial charge in [-0.1, -0.05) is 23.7 Å². The van der Waals surface area contributed by atoms with E-state index in [0.29, 0.717) is 21.8 Å². The topological polar surface area (TPSA) is 77.9 Å². The van der Waals surface area contributed by atoms with E-state index in [1.54, 1.807) is 48.5 Å². The summed E-state index contributed by atoms with van der Waals surface area (Å²) in [5.74, 6) is -1.93. The Hall–Kier alpha value is -2.86. The van der Waals surface area contributed by atoms with E-state index in [1.807, 2.05) is 0 Å². The molecular formula is C17H13ClN2O4. The first-order valence-electron chi connectivity index (χ1n) is 7.15. The van der Waals surface area contributed by atoms with Crippen LogP contribution in [0, 0.1) is 0 Å². The van der Waals surface area contributed by atoms with Crippen molar-refractivity contribution < 1.29 is 19.5 Å². The van der Waals surface area contributed by atoms with Crippen molar-refractivity contribution >= 4 is 35.1 Å². The summed E-state index contributed by atoms with van der Waals surface area (Å²) in [5.41, 5.74) is 1.21. The fourth-order valence-corrected chi connectivity index (χ4v) is 2.70. The molecule has 1 N–H and O–H groups in total. The number of aliphatic carboxylic acids is 1. The van der Waals surface area contributed by atoms with E-state index in [-0.39, 0.29) is 13.2 Å². The summed E-state index contributed by atoms with van der Waals surface area (Å²) in [5, 5.41) is 9.63. The monoisotopic (exact) mass is 344 g/mol. The van der Waals surface area contributed by atoms with Crippen LogP contribution < -0.4 is 4.90 Å². The molecule has 3 rings (SSSR count). The zero-order valence-electron chi connectivity index (χ0n) is 12.5. The summed E-state index contributed by atoms with van der Waals surface area (Å²) in [7, 11) is 0. The molecule has 0 bridgehead atoms. The number of fused-ring (bicyclic) bond motifs is 1. The van der Waals surface area contributed by atoms with Crippen LogP contribution in [0.15, 0.2) is 48.5 Å². The maximum atomic E-state index is 12.4. The minimum Gasteiger partial charge on any atom is -0.480 e. The van der Waals surface area contributed by atoms with Crippen molar-refractivity contribution in [2.75, 3.05) is 18.1 Å². The van der Waals surface area contributed by atoms with Crippen LogP contribution in [0.3, 0.4) is 0 Å². The molecule has 0 fully saturated rings. The smallest absolute Gasteiger partial charge is 0.323 e. The minimum absolute atomic E-state index is 0.153. The van der Waals surface area contributed by atoms with Crippen molar-refractivity contribution in [2.45, 2.75) is 0 Å². The van der Waals surface area contributed by atoms with Crippen LogP contribution in [0.5, 0.6) is 0 Å². The van der Waals surface area contributed by atoms with Crippen LogP contribution >= 0.6 is 11.6 Å². The number of imide groups is 1. The highest BCUT2D eigenvalue weighted by Crippen LogP contribution is 2.25. The molecule has 24 heavy (non-hydrogen) atoms. The van der Waals surface area contributed by atoms with Gasteiger partial charge >= 0.3 is 5.97 Å². The van der Waals surface area contributed by atoms with Gasteiger partial charge in [0.15, 0.2) is 0 Å². The van der Waals surface area contributed by atoms with Gasteiger partial charge in [-0.2, -0.15) is 0 Å². The van der Waals surface area contributed by atoms with E-state index in [1.165, 1.54) is 4.90 Å². The van der Waals surface area contributed by atoms with Crippen LogP contribution in [0.4, 0.5) is 5.69 Å². The molecule has 7 heteroatoms. The standard InChI is InChI=1S/C17H13ClN2O4/c18-11-5-7-12(8-6-11)19(9-15(21)22)10-20-16(23)13-3-1-2-4-14(13)17(20)24/h1-8H,9-10H2,(H,21,22). The van der Waals surface area contributed by atoms with Gasteiger partial charge in [-0.3, -0.25) is 19.3 Å². The number of hydrogen-bond acceptors (Lipinski definition) is 4. The van der Waals surface area contributed by atoms with Crippen LogP contribution in [0.2, 0.25) is 5.02 Å². The number of amides is 2. The predicted molar refractivity (Wildman–Crippen MR) is 88.2 cm³/mol. The largest absolute Gasteiger partial charge is 0.480 e. The molecule has 122 valence electrons. The Labute approximate surface area is 142 Å². The van der Waals surface area contributed by atoms with Gasteiger partial charge in [-0.25, -0.2) is 0 Å². The molecule has 1 aliphatic heterocycles. The Kier molecular flexibility index (Phi) is 4.22. The number of halogens is 1. The predicted octanol–water partition coefficient (Wildman–Crippen LogP) is 2.48. The number of carbonyl (C=O) groups is 3. The molecular weight excluding hydrogens is 332 g/mol. The molecule has 0 unspecified atom stereocenters. The van der Waals surface area contributed by atoms with E-state index in [0.717, 1.165) is 4.90 Å². The number of carbonyl (C=O) groups excluding carboxylic acids is 2. The quantitative estimate of drug-likeness (QED) is 0.843. The summed E-state index contributed by atoms with van der Waals surface area (Å²) in [4.78, 5) is 38.5. The van der Waals surface area contributed by atoms with Crippen molar-refractivity contribution in [2.24, 2.45) is 0 Å². The zero-order chi connectivity index (χ0) is 17.3. The number of benzene rings is 2. The molecule has 0 aliphatic carbocycles. The van der Waals surface area contributed by atoms with Gasteiger partial charge in [-0.05, 0) is 36.4 Å². The fraction of sp³-hybridized carbons (Fsp3) is 0.118. The Morgan fingerprint density at radius 2 is 1.54 bits per heavy atom. The second-order valence-corrected chi connectivity index (χ2v) is 5.73. The van der Waals surface area contributed by atoms with Crippen LogP contribution in [0.1, 0.15) is 20.7 Å². The summed E-state index contributed by atoms with van der Waals surface area (Å²) >= 11 is 5.85. The Bertz CT molecular complexity index is 785. The molecule has 0 saturated heterocycles. The van der Waals surface area contributed by atoms with Gasteiger partial charge in [0.05, 0.1) is 11.1 Å². The average molecular weight is 345 g/mol. The molecule has 0 atom stereocenters. The first-order chi connectivity index (χ1) is 11.5. The van der Waals surface area contributed by atoms with Gasteiger partial charge in [0.25, 0.3) is 11.8 Å². The highest BCUT2D eigenvalue weighted by atomic mass is 35.5. The van der Waals surface area contributed by atoms with E-state index in [2.05, 4.69) is 0 Å². The Morgan fingerprint density at radius 3 is 2.04 bits per heavy atom. The van der Waals surface area contributed by atoms with Gasteiger partial charge in [0.2, 0.25) is 0 Å². The Balaban J connectivity index is 1.88. The number of carboxylic acids is 1. The number of carboxylic acid groups (broad SMARTS) is 1. The van der Waals surface area contributed by atoms with E-state index in [4.69, 9.17) is 16.7 Å². The summed E-state index contributed by atoms with van der Waals surface area (Å²) < 4.78 is 0. The van der Waals surface area contributed by atoms with Gasteiger partial charge in [0, 0.05) is 10.7 Å². The van der Waals surface area contributed by atoms with Crippen LogP contribution in [-0.4, -0.2) is 41.0 Å². The van der Waals surface area contributed by atoms with Crippen molar-refractivity contribution in [3.8, 4) is 0 Å². The van der Waals surface area contributed by atoms with E-state index < -0.39 is 17.8 Å². The van der Waals surface area contributed by atoms with Crippen molar-refractivity contribution in [1.29, 1.82) is 0 Å². The number of rotatable bonds is 5. The van der Waals surface area contributed by atoms with Crippen molar-refractivity contribution in [1.82, 2.24) is 4.90 Å². The molecule has 6 nitrogen and oxygen atoms in total. The zero-order valence-corrected chi connectivity index (χ0v) is 13.2. The number of hydrogen-bond donors (Lipinski definition) is 1. The van der Waals surface area contributed by atoms with E-state index in [9.17, 15) is 14.4 Å². The van der Waals surface area contributed by atoms with Gasteiger partial charge < -0.3 is 10.0 Å². The molecule has 0 spiro atoms. The first kappa shape index (κ1) is 16.0. The van der Waals surface area contributed by atoms with Crippen LogP contribution in [0.25, 0.3) is 0 Å². The lowest BCUT2D eigenvalue weighted by Gasteiger charge is -2.27. The third-order valence-electron chi connectivity index (χ3n) is 3.71. The second-order valence-electron chi connectivity index (χ2n) is 5.29. The molecule has 2 aromatic rings. The molecule has 2 amide bonds. The van der Waals surface area contributed by atoms with Crippen molar-refractivity contribution in [3.63, 3.8) is 0 Å². The van der Waals surface area contributed by atoms with Gasteiger partial charge in [-0.15, -0.1) is 0 Å².